The first-order chi connectivity index (χ1) is 16.2. The number of nitro groups is 1. The lowest BCUT2D eigenvalue weighted by molar-refractivity contribution is -0.384. The van der Waals surface area contributed by atoms with Crippen LogP contribution in [0.3, 0.4) is 0 Å². The first kappa shape index (κ1) is 23.9. The zero-order valence-corrected chi connectivity index (χ0v) is 19.4. The van der Waals surface area contributed by atoms with Crippen molar-refractivity contribution in [2.24, 2.45) is 0 Å². The topological polar surface area (TPSA) is 123 Å². The molecule has 0 N–H and O–H groups in total. The van der Waals surface area contributed by atoms with E-state index in [0.29, 0.717) is 55.4 Å². The number of halogens is 1. The second kappa shape index (κ2) is 9.95. The molecule has 0 bridgehead atoms. The Balaban J connectivity index is 1.26. The third-order valence-corrected chi connectivity index (χ3v) is 7.69. The van der Waals surface area contributed by atoms with Crippen LogP contribution in [0.15, 0.2) is 51.9 Å². The number of sulfonamides is 1. The highest BCUT2D eigenvalue weighted by Crippen LogP contribution is 2.22. The van der Waals surface area contributed by atoms with Gasteiger partial charge < -0.3 is 9.42 Å². The van der Waals surface area contributed by atoms with Crippen LogP contribution < -0.4 is 0 Å². The quantitative estimate of drug-likeness (QED) is 0.349. The maximum atomic E-state index is 13.8. The molecule has 1 saturated heterocycles. The molecule has 1 fully saturated rings. The van der Waals surface area contributed by atoms with Crippen LogP contribution in [0.4, 0.5) is 10.1 Å². The molecule has 0 amide bonds. The van der Waals surface area contributed by atoms with E-state index in [1.54, 1.807) is 19.1 Å². The van der Waals surface area contributed by atoms with E-state index in [-0.39, 0.29) is 16.4 Å². The van der Waals surface area contributed by atoms with Gasteiger partial charge in [0.05, 0.1) is 9.82 Å². The van der Waals surface area contributed by atoms with Gasteiger partial charge in [-0.15, -0.1) is 0 Å². The Bertz CT molecular complexity index is 1270. The zero-order valence-electron chi connectivity index (χ0n) is 18.6. The SMILES string of the molecule is Cc1ccc(-c2noc(CCCN3CCN(S(=O)(=O)c4ccc([N+](=O)[O-])cc4)CC3)n2)cc1F. The first-order valence-corrected chi connectivity index (χ1v) is 12.2. The fourth-order valence-corrected chi connectivity index (χ4v) is 5.16. The van der Waals surface area contributed by atoms with Gasteiger partial charge in [0.1, 0.15) is 5.82 Å². The van der Waals surface area contributed by atoms with E-state index >= 15 is 0 Å². The first-order valence-electron chi connectivity index (χ1n) is 10.8. The highest BCUT2D eigenvalue weighted by molar-refractivity contribution is 7.89. The van der Waals surface area contributed by atoms with Crippen molar-refractivity contribution >= 4 is 15.7 Å². The Labute approximate surface area is 196 Å². The summed E-state index contributed by atoms with van der Waals surface area (Å²) in [5.41, 5.74) is 0.958. The summed E-state index contributed by atoms with van der Waals surface area (Å²) in [7, 11) is -3.70. The largest absolute Gasteiger partial charge is 0.339 e. The maximum absolute atomic E-state index is 13.8. The van der Waals surface area contributed by atoms with Gasteiger partial charge >= 0.3 is 0 Å². The number of nitro benzene ring substituents is 1. The van der Waals surface area contributed by atoms with E-state index in [0.717, 1.165) is 13.0 Å². The fraction of sp³-hybridized carbons (Fsp3) is 0.364. The Morgan fingerprint density at radius 3 is 2.47 bits per heavy atom. The number of aromatic nitrogens is 2. The summed E-state index contributed by atoms with van der Waals surface area (Å²) in [5.74, 6) is 0.493. The van der Waals surface area contributed by atoms with E-state index in [9.17, 15) is 22.9 Å². The van der Waals surface area contributed by atoms with E-state index in [1.165, 1.54) is 34.6 Å². The number of non-ortho nitro benzene ring substituents is 1. The van der Waals surface area contributed by atoms with E-state index in [4.69, 9.17) is 4.52 Å². The molecule has 0 aliphatic carbocycles. The molecule has 180 valence electrons. The van der Waals surface area contributed by atoms with Gasteiger partial charge in [-0.3, -0.25) is 10.1 Å². The third-order valence-electron chi connectivity index (χ3n) is 5.78. The van der Waals surface area contributed by atoms with Crippen LogP contribution >= 0.6 is 0 Å². The van der Waals surface area contributed by atoms with Gasteiger partial charge in [0.25, 0.3) is 5.69 Å². The molecule has 2 heterocycles. The molecular formula is C22H24FN5O5S. The summed E-state index contributed by atoms with van der Waals surface area (Å²) >= 11 is 0. The molecule has 4 rings (SSSR count). The monoisotopic (exact) mass is 489 g/mol. The normalized spacial score (nSPS) is 15.5. The summed E-state index contributed by atoms with van der Waals surface area (Å²) < 4.78 is 46.1. The number of hydrogen-bond donors (Lipinski definition) is 0. The molecule has 1 aromatic heterocycles. The summed E-state index contributed by atoms with van der Waals surface area (Å²) in [6.07, 6.45) is 1.31. The Kier molecular flexibility index (Phi) is 7.00. The molecule has 0 radical (unpaired) electrons. The van der Waals surface area contributed by atoms with E-state index < -0.39 is 14.9 Å². The van der Waals surface area contributed by atoms with E-state index in [2.05, 4.69) is 15.0 Å². The van der Waals surface area contributed by atoms with Gasteiger partial charge in [-0.2, -0.15) is 9.29 Å². The smallest absolute Gasteiger partial charge is 0.269 e. The predicted molar refractivity (Wildman–Crippen MR) is 121 cm³/mol. The number of benzene rings is 2. The average molecular weight is 490 g/mol. The van der Waals surface area contributed by atoms with Crippen molar-refractivity contribution in [3.05, 3.63) is 69.9 Å². The molecule has 34 heavy (non-hydrogen) atoms. The van der Waals surface area contributed by atoms with E-state index in [1.807, 2.05) is 0 Å². The lowest BCUT2D eigenvalue weighted by Gasteiger charge is -2.33. The van der Waals surface area contributed by atoms with Crippen molar-refractivity contribution in [1.82, 2.24) is 19.3 Å². The molecule has 0 spiro atoms. The van der Waals surface area contributed by atoms with Gasteiger partial charge in [0.2, 0.25) is 21.7 Å². The minimum absolute atomic E-state index is 0.0483. The molecule has 3 aromatic rings. The predicted octanol–water partition coefficient (Wildman–Crippen LogP) is 3.03. The highest BCUT2D eigenvalue weighted by Gasteiger charge is 2.28. The number of piperazine rings is 1. The summed E-state index contributed by atoms with van der Waals surface area (Å²) in [5, 5.41) is 14.7. The minimum Gasteiger partial charge on any atom is -0.339 e. The molecule has 10 nitrogen and oxygen atoms in total. The average Bonchev–Trinajstić information content (AvgIpc) is 3.30. The van der Waals surface area contributed by atoms with Gasteiger partial charge in [0.15, 0.2) is 0 Å². The van der Waals surface area contributed by atoms with Gasteiger partial charge in [0, 0.05) is 50.3 Å². The Morgan fingerprint density at radius 1 is 1.12 bits per heavy atom. The number of nitrogens with zero attached hydrogens (tertiary/aromatic N) is 5. The number of aryl methyl sites for hydroxylation is 2. The Morgan fingerprint density at radius 2 is 1.82 bits per heavy atom. The van der Waals surface area contributed by atoms with Crippen molar-refractivity contribution in [2.45, 2.75) is 24.7 Å². The van der Waals surface area contributed by atoms with Gasteiger partial charge in [-0.1, -0.05) is 17.3 Å². The summed E-state index contributed by atoms with van der Waals surface area (Å²) in [6, 6.07) is 9.73. The van der Waals surface area contributed by atoms with Crippen LogP contribution in [0, 0.1) is 22.9 Å². The lowest BCUT2D eigenvalue weighted by Crippen LogP contribution is -2.48. The van der Waals surface area contributed by atoms with Gasteiger partial charge in [-0.25, -0.2) is 12.8 Å². The maximum Gasteiger partial charge on any atom is 0.269 e. The van der Waals surface area contributed by atoms with Crippen molar-refractivity contribution < 1.29 is 22.3 Å². The minimum atomic E-state index is -3.70. The summed E-state index contributed by atoms with van der Waals surface area (Å²) in [6.45, 7) is 4.24. The summed E-state index contributed by atoms with van der Waals surface area (Å²) in [4.78, 5) is 16.8. The van der Waals surface area contributed by atoms with Crippen LogP contribution in [0.1, 0.15) is 17.9 Å². The molecule has 0 atom stereocenters. The van der Waals surface area contributed by atoms with Crippen molar-refractivity contribution in [2.75, 3.05) is 32.7 Å². The lowest BCUT2D eigenvalue weighted by atomic mass is 10.1. The van der Waals surface area contributed by atoms with Gasteiger partial charge in [-0.05, 0) is 43.7 Å². The molecule has 1 aliphatic rings. The van der Waals surface area contributed by atoms with Crippen LogP contribution in [0.2, 0.25) is 0 Å². The van der Waals surface area contributed by atoms with Crippen LogP contribution in [-0.4, -0.2) is 65.4 Å². The standard InChI is InChI=1S/C22H24FN5O5S/c1-16-4-5-17(15-20(16)23)22-24-21(33-25-22)3-2-10-26-11-13-27(14-12-26)34(31,32)19-8-6-18(7-9-19)28(29)30/h4-9,15H,2-3,10-14H2,1H3. The number of rotatable bonds is 8. The molecule has 0 unspecified atom stereocenters. The fourth-order valence-electron chi connectivity index (χ4n) is 3.74. The third kappa shape index (κ3) is 5.29. The Hall–Kier alpha value is -3.22. The molecule has 1 aliphatic heterocycles. The van der Waals surface area contributed by atoms with Crippen molar-refractivity contribution in [3.63, 3.8) is 0 Å². The van der Waals surface area contributed by atoms with Crippen molar-refractivity contribution in [1.29, 1.82) is 0 Å². The molecule has 0 saturated carbocycles. The van der Waals surface area contributed by atoms with Crippen LogP contribution in [0.25, 0.3) is 11.4 Å². The molecule has 12 heteroatoms. The van der Waals surface area contributed by atoms with Crippen LogP contribution in [0.5, 0.6) is 0 Å². The molecule has 2 aromatic carbocycles. The van der Waals surface area contributed by atoms with Crippen molar-refractivity contribution in [3.8, 4) is 11.4 Å². The van der Waals surface area contributed by atoms with Crippen LogP contribution in [-0.2, 0) is 16.4 Å². The second-order valence-electron chi connectivity index (χ2n) is 8.08. The molecular weight excluding hydrogens is 465 g/mol. The highest BCUT2D eigenvalue weighted by atomic mass is 32.2. The second-order valence-corrected chi connectivity index (χ2v) is 10.0. The zero-order chi connectivity index (χ0) is 24.3. The number of hydrogen-bond acceptors (Lipinski definition) is 8.